The van der Waals surface area contributed by atoms with E-state index in [1.807, 2.05) is 6.92 Å². The highest BCUT2D eigenvalue weighted by molar-refractivity contribution is 6.32. The van der Waals surface area contributed by atoms with E-state index in [4.69, 9.17) is 16.3 Å². The van der Waals surface area contributed by atoms with E-state index in [-0.39, 0.29) is 5.91 Å². The summed E-state index contributed by atoms with van der Waals surface area (Å²) in [6.45, 7) is 3.69. The quantitative estimate of drug-likeness (QED) is 0.773. The van der Waals surface area contributed by atoms with Crippen LogP contribution in [-0.4, -0.2) is 36.7 Å². The van der Waals surface area contributed by atoms with Gasteiger partial charge in [-0.2, -0.15) is 0 Å². The molecule has 1 unspecified atom stereocenters. The minimum Gasteiger partial charge on any atom is -0.366 e. The minimum absolute atomic E-state index is 0.199. The highest BCUT2D eigenvalue weighted by atomic mass is 35.5. The Kier molecular flexibility index (Phi) is 3.93. The van der Waals surface area contributed by atoms with Crippen molar-refractivity contribution in [2.75, 3.05) is 25.0 Å². The fourth-order valence-electron chi connectivity index (χ4n) is 1.61. The third kappa shape index (κ3) is 2.94. The molecule has 0 aromatic carbocycles. The van der Waals surface area contributed by atoms with Crippen molar-refractivity contribution < 1.29 is 9.53 Å². The monoisotopic (exact) mass is 255 g/mol. The van der Waals surface area contributed by atoms with Crippen molar-refractivity contribution in [1.82, 2.24) is 10.3 Å². The molecule has 1 aromatic rings. The first-order valence-electron chi connectivity index (χ1n) is 5.43. The lowest BCUT2D eigenvalue weighted by atomic mass is 10.2. The van der Waals surface area contributed by atoms with Crippen LogP contribution in [0.1, 0.15) is 5.56 Å². The zero-order valence-corrected chi connectivity index (χ0v) is 10.3. The fraction of sp³-hybridized carbons (Fsp3) is 0.455. The van der Waals surface area contributed by atoms with Gasteiger partial charge in [-0.15, -0.1) is 0 Å². The number of aromatic nitrogens is 1. The van der Waals surface area contributed by atoms with Crippen molar-refractivity contribution >= 4 is 23.2 Å². The van der Waals surface area contributed by atoms with Crippen LogP contribution in [0.4, 0.5) is 5.69 Å². The zero-order valence-electron chi connectivity index (χ0n) is 9.50. The van der Waals surface area contributed by atoms with Crippen LogP contribution >= 0.6 is 11.6 Å². The van der Waals surface area contributed by atoms with Crippen molar-refractivity contribution in [3.8, 4) is 0 Å². The van der Waals surface area contributed by atoms with Crippen molar-refractivity contribution in [2.45, 2.75) is 13.0 Å². The third-order valence-corrected chi connectivity index (χ3v) is 2.87. The maximum absolute atomic E-state index is 11.9. The number of nitrogens with zero attached hydrogens (tertiary/aromatic N) is 1. The Hall–Kier alpha value is -1.17. The molecule has 2 rings (SSSR count). The number of aryl methyl sites for hydroxylation is 1. The fourth-order valence-corrected chi connectivity index (χ4v) is 1.87. The summed E-state index contributed by atoms with van der Waals surface area (Å²) in [5.41, 5.74) is 1.43. The number of halogens is 1. The Labute approximate surface area is 105 Å². The number of pyridine rings is 1. The SMILES string of the molecule is Cc1ccnc(Cl)c1NC(=O)C1CNCCO1. The van der Waals surface area contributed by atoms with E-state index in [0.717, 1.165) is 12.1 Å². The summed E-state index contributed by atoms with van der Waals surface area (Å²) in [6, 6.07) is 1.79. The molecule has 6 heteroatoms. The Bertz CT molecular complexity index is 399. The van der Waals surface area contributed by atoms with Gasteiger partial charge in [-0.1, -0.05) is 11.6 Å². The third-order valence-electron chi connectivity index (χ3n) is 2.58. The lowest BCUT2D eigenvalue weighted by Gasteiger charge is -2.23. The summed E-state index contributed by atoms with van der Waals surface area (Å²) >= 11 is 5.93. The molecular formula is C11H14ClN3O2. The molecule has 1 aromatic heterocycles. The molecule has 2 heterocycles. The first-order chi connectivity index (χ1) is 8.18. The smallest absolute Gasteiger partial charge is 0.254 e. The Morgan fingerprint density at radius 2 is 2.53 bits per heavy atom. The molecule has 0 saturated carbocycles. The van der Waals surface area contributed by atoms with Gasteiger partial charge in [0.2, 0.25) is 0 Å². The van der Waals surface area contributed by atoms with Crippen molar-refractivity contribution in [3.05, 3.63) is 23.0 Å². The highest BCUT2D eigenvalue weighted by Gasteiger charge is 2.22. The van der Waals surface area contributed by atoms with E-state index in [1.54, 1.807) is 12.3 Å². The van der Waals surface area contributed by atoms with E-state index in [9.17, 15) is 4.79 Å². The molecule has 0 aliphatic carbocycles. The molecule has 2 N–H and O–H groups in total. The number of ether oxygens (including phenoxy) is 1. The number of hydrogen-bond acceptors (Lipinski definition) is 4. The van der Waals surface area contributed by atoms with E-state index >= 15 is 0 Å². The van der Waals surface area contributed by atoms with Gasteiger partial charge in [0.1, 0.15) is 6.10 Å². The van der Waals surface area contributed by atoms with E-state index < -0.39 is 6.10 Å². The number of morpholine rings is 1. The van der Waals surface area contributed by atoms with Crippen LogP contribution in [0.3, 0.4) is 0 Å². The summed E-state index contributed by atoms with van der Waals surface area (Å²) in [5, 5.41) is 6.14. The van der Waals surface area contributed by atoms with Crippen molar-refractivity contribution in [1.29, 1.82) is 0 Å². The van der Waals surface area contributed by atoms with Crippen LogP contribution in [0.25, 0.3) is 0 Å². The normalized spacial score (nSPS) is 20.0. The molecule has 5 nitrogen and oxygen atoms in total. The molecule has 1 fully saturated rings. The average molecular weight is 256 g/mol. The number of hydrogen-bond donors (Lipinski definition) is 2. The Morgan fingerprint density at radius 1 is 1.71 bits per heavy atom. The molecule has 1 atom stereocenters. The van der Waals surface area contributed by atoms with Gasteiger partial charge in [-0.05, 0) is 18.6 Å². The number of amides is 1. The largest absolute Gasteiger partial charge is 0.366 e. The van der Waals surface area contributed by atoms with Gasteiger partial charge in [0.15, 0.2) is 5.15 Å². The van der Waals surface area contributed by atoms with Gasteiger partial charge in [0.25, 0.3) is 5.91 Å². The van der Waals surface area contributed by atoms with Crippen molar-refractivity contribution in [3.63, 3.8) is 0 Å². The van der Waals surface area contributed by atoms with E-state index in [0.29, 0.717) is 24.0 Å². The molecule has 0 spiro atoms. The van der Waals surface area contributed by atoms with Crippen LogP contribution in [-0.2, 0) is 9.53 Å². The molecule has 17 heavy (non-hydrogen) atoms. The summed E-state index contributed by atoms with van der Waals surface area (Å²) in [6.07, 6.45) is 1.13. The second kappa shape index (κ2) is 5.44. The van der Waals surface area contributed by atoms with Crippen LogP contribution in [0, 0.1) is 6.92 Å². The molecule has 1 aliphatic rings. The minimum atomic E-state index is -0.473. The van der Waals surface area contributed by atoms with Crippen LogP contribution < -0.4 is 10.6 Å². The summed E-state index contributed by atoms with van der Waals surface area (Å²) < 4.78 is 5.35. The number of anilines is 1. The summed E-state index contributed by atoms with van der Waals surface area (Å²) in [4.78, 5) is 15.8. The molecule has 0 bridgehead atoms. The maximum atomic E-state index is 11.9. The average Bonchev–Trinajstić information content (AvgIpc) is 2.35. The van der Waals surface area contributed by atoms with E-state index in [2.05, 4.69) is 15.6 Å². The van der Waals surface area contributed by atoms with Gasteiger partial charge < -0.3 is 15.4 Å². The molecule has 92 valence electrons. The second-order valence-electron chi connectivity index (χ2n) is 3.85. The van der Waals surface area contributed by atoms with E-state index in [1.165, 1.54) is 0 Å². The predicted molar refractivity (Wildman–Crippen MR) is 65.2 cm³/mol. The van der Waals surface area contributed by atoms with Crippen LogP contribution in [0.2, 0.25) is 5.15 Å². The van der Waals surface area contributed by atoms with Gasteiger partial charge >= 0.3 is 0 Å². The van der Waals surface area contributed by atoms with Gasteiger partial charge in [0, 0.05) is 19.3 Å². The lowest BCUT2D eigenvalue weighted by Crippen LogP contribution is -2.45. The zero-order chi connectivity index (χ0) is 12.3. The first kappa shape index (κ1) is 12.3. The number of carbonyl (C=O) groups excluding carboxylic acids is 1. The predicted octanol–water partition coefficient (Wildman–Crippen LogP) is 0.970. The first-order valence-corrected chi connectivity index (χ1v) is 5.80. The van der Waals surface area contributed by atoms with Gasteiger partial charge in [-0.25, -0.2) is 4.98 Å². The Balaban J connectivity index is 2.07. The topological polar surface area (TPSA) is 63.2 Å². The second-order valence-corrected chi connectivity index (χ2v) is 4.20. The lowest BCUT2D eigenvalue weighted by molar-refractivity contribution is -0.128. The van der Waals surface area contributed by atoms with Crippen LogP contribution in [0.5, 0.6) is 0 Å². The number of carbonyl (C=O) groups is 1. The van der Waals surface area contributed by atoms with Crippen molar-refractivity contribution in [2.24, 2.45) is 0 Å². The van der Waals surface area contributed by atoms with Gasteiger partial charge in [0.05, 0.1) is 12.3 Å². The maximum Gasteiger partial charge on any atom is 0.254 e. The number of nitrogens with one attached hydrogen (secondary N) is 2. The summed E-state index contributed by atoms with van der Waals surface area (Å²) in [7, 11) is 0. The van der Waals surface area contributed by atoms with Gasteiger partial charge in [-0.3, -0.25) is 4.79 Å². The summed E-state index contributed by atoms with van der Waals surface area (Å²) in [5.74, 6) is -0.199. The molecule has 1 aliphatic heterocycles. The molecule has 1 amide bonds. The molecule has 0 radical (unpaired) electrons. The molecular weight excluding hydrogens is 242 g/mol. The number of rotatable bonds is 2. The Morgan fingerprint density at radius 3 is 3.18 bits per heavy atom. The standard InChI is InChI=1S/C11H14ClN3O2/c1-7-2-3-14-10(12)9(7)15-11(16)8-6-13-4-5-17-8/h2-3,8,13H,4-6H2,1H3,(H,15,16). The van der Waals surface area contributed by atoms with Crippen LogP contribution in [0.15, 0.2) is 12.3 Å². The molecule has 1 saturated heterocycles. The highest BCUT2D eigenvalue weighted by Crippen LogP contribution is 2.23.